The lowest BCUT2D eigenvalue weighted by Crippen LogP contribution is -2.47. The number of rotatable bonds is 4. The van der Waals surface area contributed by atoms with E-state index in [1.165, 1.54) is 32.1 Å². The van der Waals surface area contributed by atoms with Gasteiger partial charge in [0.05, 0.1) is 0 Å². The molecule has 3 saturated carbocycles. The molecular formula is C14H23NO2. The summed E-state index contributed by atoms with van der Waals surface area (Å²) in [7, 11) is 0. The van der Waals surface area contributed by atoms with Crippen molar-refractivity contribution in [3.63, 3.8) is 0 Å². The van der Waals surface area contributed by atoms with E-state index in [1.807, 2.05) is 6.92 Å². The number of hydrogen-bond acceptors (Lipinski definition) is 2. The summed E-state index contributed by atoms with van der Waals surface area (Å²) in [6.07, 6.45) is 6.14. The van der Waals surface area contributed by atoms with Crippen LogP contribution in [0.4, 0.5) is 0 Å². The van der Waals surface area contributed by atoms with Gasteiger partial charge in [0.15, 0.2) is 0 Å². The van der Waals surface area contributed by atoms with Crippen LogP contribution < -0.4 is 5.32 Å². The molecule has 96 valence electrons. The monoisotopic (exact) mass is 237 g/mol. The first kappa shape index (κ1) is 11.5. The molecule has 0 aromatic rings. The molecule has 0 spiro atoms. The maximum absolute atomic E-state index is 12.1. The van der Waals surface area contributed by atoms with E-state index >= 15 is 0 Å². The van der Waals surface area contributed by atoms with Crippen molar-refractivity contribution in [2.45, 2.75) is 45.1 Å². The minimum absolute atomic E-state index is 0.175. The van der Waals surface area contributed by atoms with Gasteiger partial charge < -0.3 is 10.4 Å². The smallest absolute Gasteiger partial charge is 0.223 e. The molecule has 3 heteroatoms. The van der Waals surface area contributed by atoms with Crippen LogP contribution in [0.25, 0.3) is 0 Å². The predicted octanol–water partition coefficient (Wildman–Crippen LogP) is 1.56. The quantitative estimate of drug-likeness (QED) is 0.779. The Bertz CT molecular complexity index is 313. The molecule has 1 amide bonds. The minimum Gasteiger partial charge on any atom is -0.396 e. The lowest BCUT2D eigenvalue weighted by molar-refractivity contribution is -0.126. The largest absolute Gasteiger partial charge is 0.396 e. The normalized spacial score (nSPS) is 41.5. The van der Waals surface area contributed by atoms with Crippen LogP contribution in [0.3, 0.4) is 0 Å². The van der Waals surface area contributed by atoms with Crippen LogP contribution in [0.2, 0.25) is 0 Å². The van der Waals surface area contributed by atoms with Gasteiger partial charge in [-0.15, -0.1) is 0 Å². The van der Waals surface area contributed by atoms with Gasteiger partial charge in [0.2, 0.25) is 5.91 Å². The van der Waals surface area contributed by atoms with Crippen molar-refractivity contribution >= 4 is 5.91 Å². The topological polar surface area (TPSA) is 49.3 Å². The maximum atomic E-state index is 12.1. The number of fused-ring (bicyclic) bond motifs is 2. The van der Waals surface area contributed by atoms with E-state index in [0.717, 1.165) is 0 Å². The third-order valence-electron chi connectivity index (χ3n) is 5.35. The maximum Gasteiger partial charge on any atom is 0.223 e. The molecule has 0 radical (unpaired) electrons. The summed E-state index contributed by atoms with van der Waals surface area (Å²) in [5.41, 5.74) is 0. The molecular weight excluding hydrogens is 214 g/mol. The molecule has 5 unspecified atom stereocenters. The van der Waals surface area contributed by atoms with Crippen molar-refractivity contribution < 1.29 is 9.90 Å². The molecule has 3 aliphatic rings. The van der Waals surface area contributed by atoms with E-state index in [0.29, 0.717) is 23.7 Å². The summed E-state index contributed by atoms with van der Waals surface area (Å²) in [5, 5.41) is 12.7. The fraction of sp³-hybridized carbons (Fsp3) is 0.929. The number of aliphatic hydroxyl groups excluding tert-OH is 1. The van der Waals surface area contributed by atoms with E-state index < -0.39 is 0 Å². The predicted molar refractivity (Wildman–Crippen MR) is 65.2 cm³/mol. The van der Waals surface area contributed by atoms with Gasteiger partial charge >= 0.3 is 0 Å². The van der Waals surface area contributed by atoms with Gasteiger partial charge in [-0.1, -0.05) is 6.92 Å². The zero-order chi connectivity index (χ0) is 12.0. The Labute approximate surface area is 103 Å². The van der Waals surface area contributed by atoms with Crippen molar-refractivity contribution in [3.05, 3.63) is 0 Å². The summed E-state index contributed by atoms with van der Waals surface area (Å²) < 4.78 is 0. The highest BCUT2D eigenvalue weighted by molar-refractivity contribution is 5.79. The Hall–Kier alpha value is -0.570. The van der Waals surface area contributed by atoms with Crippen LogP contribution in [0.5, 0.6) is 0 Å². The molecule has 0 aromatic carbocycles. The van der Waals surface area contributed by atoms with E-state index in [-0.39, 0.29) is 24.5 Å². The van der Waals surface area contributed by atoms with Gasteiger partial charge in [0.1, 0.15) is 0 Å². The van der Waals surface area contributed by atoms with Crippen molar-refractivity contribution in [3.8, 4) is 0 Å². The van der Waals surface area contributed by atoms with Crippen molar-refractivity contribution in [2.75, 3.05) is 6.61 Å². The minimum atomic E-state index is 0.175. The first-order valence-corrected chi connectivity index (χ1v) is 7.12. The van der Waals surface area contributed by atoms with Crippen LogP contribution in [0.1, 0.15) is 39.0 Å². The van der Waals surface area contributed by atoms with Crippen molar-refractivity contribution in [1.29, 1.82) is 0 Å². The lowest BCUT2D eigenvalue weighted by Gasteiger charge is -2.31. The Kier molecular flexibility index (Phi) is 2.89. The molecule has 0 saturated heterocycles. The molecule has 5 atom stereocenters. The lowest BCUT2D eigenvalue weighted by atomic mass is 9.84. The first-order valence-electron chi connectivity index (χ1n) is 7.12. The van der Waals surface area contributed by atoms with Gasteiger partial charge in [-0.25, -0.2) is 0 Å². The van der Waals surface area contributed by atoms with Gasteiger partial charge in [-0.05, 0) is 49.9 Å². The molecule has 2 N–H and O–H groups in total. The third kappa shape index (κ3) is 1.99. The summed E-state index contributed by atoms with van der Waals surface area (Å²) in [6, 6.07) is 0.257. The molecule has 3 nitrogen and oxygen atoms in total. The average molecular weight is 237 g/mol. The summed E-state index contributed by atoms with van der Waals surface area (Å²) in [4.78, 5) is 12.1. The highest BCUT2D eigenvalue weighted by Crippen LogP contribution is 2.48. The molecule has 2 bridgehead atoms. The fourth-order valence-electron chi connectivity index (χ4n) is 4.00. The Morgan fingerprint density at radius 3 is 2.65 bits per heavy atom. The summed E-state index contributed by atoms with van der Waals surface area (Å²) >= 11 is 0. The molecule has 3 aliphatic carbocycles. The van der Waals surface area contributed by atoms with Crippen LogP contribution in [-0.2, 0) is 4.79 Å². The van der Waals surface area contributed by atoms with Crippen LogP contribution in [-0.4, -0.2) is 23.7 Å². The highest BCUT2D eigenvalue weighted by atomic mass is 16.3. The van der Waals surface area contributed by atoms with Crippen LogP contribution >= 0.6 is 0 Å². The molecule has 0 aromatic heterocycles. The zero-order valence-electron chi connectivity index (χ0n) is 10.6. The Morgan fingerprint density at radius 2 is 2.00 bits per heavy atom. The molecule has 3 rings (SSSR count). The van der Waals surface area contributed by atoms with Crippen LogP contribution in [0, 0.1) is 29.6 Å². The van der Waals surface area contributed by atoms with E-state index in [4.69, 9.17) is 0 Å². The van der Waals surface area contributed by atoms with Gasteiger partial charge in [0.25, 0.3) is 0 Å². The Balaban J connectivity index is 1.62. The van der Waals surface area contributed by atoms with Gasteiger partial charge in [-0.3, -0.25) is 4.79 Å². The second-order valence-electron chi connectivity index (χ2n) is 6.34. The second-order valence-corrected chi connectivity index (χ2v) is 6.34. The number of nitrogens with one attached hydrogen (secondary N) is 1. The molecule has 3 fully saturated rings. The second kappa shape index (κ2) is 4.27. The number of carbonyl (C=O) groups excluding carboxylic acids is 1. The number of amides is 1. The van der Waals surface area contributed by atoms with Crippen molar-refractivity contribution in [1.82, 2.24) is 5.32 Å². The summed E-state index contributed by atoms with van der Waals surface area (Å²) in [6.45, 7) is 2.29. The number of hydrogen-bond donors (Lipinski definition) is 2. The van der Waals surface area contributed by atoms with Gasteiger partial charge in [-0.2, -0.15) is 0 Å². The zero-order valence-corrected chi connectivity index (χ0v) is 10.6. The average Bonchev–Trinajstić information content (AvgIpc) is 3.00. The standard InChI is InChI=1S/C14H23NO2/c1-8(9-2-3-9)14(17)15-13-11-5-4-10(6-11)12(13)7-16/h8-13,16H,2-7H2,1H3,(H,15,17). The van der Waals surface area contributed by atoms with E-state index in [2.05, 4.69) is 5.32 Å². The van der Waals surface area contributed by atoms with Crippen LogP contribution in [0.15, 0.2) is 0 Å². The van der Waals surface area contributed by atoms with E-state index in [9.17, 15) is 9.90 Å². The number of aliphatic hydroxyl groups is 1. The number of carbonyl (C=O) groups is 1. The van der Waals surface area contributed by atoms with E-state index in [1.54, 1.807) is 0 Å². The van der Waals surface area contributed by atoms with Gasteiger partial charge in [0, 0.05) is 24.5 Å². The van der Waals surface area contributed by atoms with Crippen molar-refractivity contribution in [2.24, 2.45) is 29.6 Å². The highest BCUT2D eigenvalue weighted by Gasteiger charge is 2.48. The molecule has 0 heterocycles. The summed E-state index contributed by atoms with van der Waals surface area (Å²) in [5.74, 6) is 2.64. The Morgan fingerprint density at radius 1 is 1.29 bits per heavy atom. The molecule has 17 heavy (non-hydrogen) atoms. The fourth-order valence-corrected chi connectivity index (χ4v) is 4.00. The molecule has 0 aliphatic heterocycles. The SMILES string of the molecule is CC(C(=O)NC1C2CCC(C2)C1CO)C1CC1. The first-order chi connectivity index (χ1) is 8.20. The third-order valence-corrected chi connectivity index (χ3v) is 5.35.